The molecule has 2 fully saturated rings. The Kier molecular flexibility index (Phi) is 2.90. The van der Waals surface area contributed by atoms with Crippen LogP contribution in [-0.2, 0) is 15.9 Å². The van der Waals surface area contributed by atoms with E-state index in [1.54, 1.807) is 6.20 Å². The van der Waals surface area contributed by atoms with Crippen LogP contribution in [0.15, 0.2) is 6.20 Å². The molecule has 1 aromatic rings. The molecule has 1 aliphatic carbocycles. The van der Waals surface area contributed by atoms with Crippen molar-refractivity contribution in [2.45, 2.75) is 43.5 Å². The van der Waals surface area contributed by atoms with Gasteiger partial charge in [0.1, 0.15) is 0 Å². The molecule has 94 valence electrons. The second kappa shape index (κ2) is 4.28. The maximum Gasteiger partial charge on any atom is 0.168 e. The van der Waals surface area contributed by atoms with Crippen LogP contribution in [0.25, 0.3) is 0 Å². The van der Waals surface area contributed by atoms with Crippen LogP contribution in [-0.4, -0.2) is 38.5 Å². The van der Waals surface area contributed by atoms with Crippen molar-refractivity contribution in [3.8, 4) is 0 Å². The van der Waals surface area contributed by atoms with E-state index in [1.165, 1.54) is 11.7 Å². The summed E-state index contributed by atoms with van der Waals surface area (Å²) in [5, 5.41) is 10.5. The van der Waals surface area contributed by atoms with Gasteiger partial charge < -0.3 is 14.6 Å². The minimum absolute atomic E-state index is 0.410. The van der Waals surface area contributed by atoms with Crippen molar-refractivity contribution < 1.29 is 14.6 Å². The molecule has 0 radical (unpaired) electrons. The average Bonchev–Trinajstić information content (AvgIpc) is 2.96. The number of aromatic nitrogens is 2. The molecule has 0 atom stereocenters. The van der Waals surface area contributed by atoms with Crippen molar-refractivity contribution in [1.29, 1.82) is 0 Å². The van der Waals surface area contributed by atoms with Crippen LogP contribution in [0.1, 0.15) is 31.4 Å². The normalized spacial score (nSPS) is 26.4. The predicted molar refractivity (Wildman–Crippen MR) is 61.7 cm³/mol. The second-order valence-electron chi connectivity index (χ2n) is 4.91. The standard InChI is InChI=1S/C11H16N2O3S/c14-10(7-9-8-12-17-13-9)1-3-11(4-2-10)15-5-6-16-11/h8,14H,1-7H2. The zero-order chi connectivity index (χ0) is 11.8. The van der Waals surface area contributed by atoms with Crippen molar-refractivity contribution >= 4 is 11.7 Å². The smallest absolute Gasteiger partial charge is 0.168 e. The fourth-order valence-electron chi connectivity index (χ4n) is 2.66. The van der Waals surface area contributed by atoms with Crippen LogP contribution >= 0.6 is 11.7 Å². The number of hydrogen-bond donors (Lipinski definition) is 1. The van der Waals surface area contributed by atoms with E-state index in [4.69, 9.17) is 9.47 Å². The minimum Gasteiger partial charge on any atom is -0.389 e. The van der Waals surface area contributed by atoms with E-state index in [0.29, 0.717) is 32.5 Å². The third-order valence-corrected chi connectivity index (χ3v) is 4.19. The second-order valence-corrected chi connectivity index (χ2v) is 5.46. The third kappa shape index (κ3) is 2.35. The summed E-state index contributed by atoms with van der Waals surface area (Å²) < 4.78 is 19.4. The van der Waals surface area contributed by atoms with Crippen LogP contribution in [0.4, 0.5) is 0 Å². The lowest BCUT2D eigenvalue weighted by atomic mass is 9.79. The van der Waals surface area contributed by atoms with Crippen molar-refractivity contribution in [2.24, 2.45) is 0 Å². The summed E-state index contributed by atoms with van der Waals surface area (Å²) in [6.07, 6.45) is 5.24. The zero-order valence-corrected chi connectivity index (χ0v) is 10.4. The van der Waals surface area contributed by atoms with Crippen LogP contribution in [0.5, 0.6) is 0 Å². The summed E-state index contributed by atoms with van der Waals surface area (Å²) in [5.41, 5.74) is 0.206. The Morgan fingerprint density at radius 3 is 2.53 bits per heavy atom. The third-order valence-electron chi connectivity index (χ3n) is 3.67. The van der Waals surface area contributed by atoms with Gasteiger partial charge in [0.2, 0.25) is 0 Å². The van der Waals surface area contributed by atoms with Gasteiger partial charge in [0, 0.05) is 19.3 Å². The van der Waals surface area contributed by atoms with Gasteiger partial charge in [0.25, 0.3) is 0 Å². The first kappa shape index (κ1) is 11.5. The van der Waals surface area contributed by atoms with E-state index in [9.17, 15) is 5.11 Å². The highest BCUT2D eigenvalue weighted by Crippen LogP contribution is 2.41. The number of ether oxygens (including phenoxy) is 2. The summed E-state index contributed by atoms with van der Waals surface area (Å²) in [4.78, 5) is 0. The molecule has 1 aliphatic heterocycles. The monoisotopic (exact) mass is 256 g/mol. The van der Waals surface area contributed by atoms with Gasteiger partial charge in [-0.05, 0) is 12.8 Å². The van der Waals surface area contributed by atoms with E-state index in [1.807, 2.05) is 0 Å². The largest absolute Gasteiger partial charge is 0.389 e. The highest BCUT2D eigenvalue weighted by atomic mass is 32.1. The van der Waals surface area contributed by atoms with Crippen LogP contribution < -0.4 is 0 Å². The summed E-state index contributed by atoms with van der Waals surface area (Å²) in [6.45, 7) is 1.35. The van der Waals surface area contributed by atoms with Crippen LogP contribution in [0.3, 0.4) is 0 Å². The zero-order valence-electron chi connectivity index (χ0n) is 9.59. The average molecular weight is 256 g/mol. The van der Waals surface area contributed by atoms with Gasteiger partial charge in [-0.3, -0.25) is 0 Å². The lowest BCUT2D eigenvalue weighted by Gasteiger charge is -2.40. The Morgan fingerprint density at radius 2 is 1.94 bits per heavy atom. The van der Waals surface area contributed by atoms with Crippen LogP contribution in [0, 0.1) is 0 Å². The van der Waals surface area contributed by atoms with Crippen molar-refractivity contribution in [1.82, 2.24) is 8.75 Å². The molecule has 3 rings (SSSR count). The molecule has 1 saturated carbocycles. The highest BCUT2D eigenvalue weighted by molar-refractivity contribution is 6.99. The number of nitrogens with zero attached hydrogens (tertiary/aromatic N) is 2. The first-order chi connectivity index (χ1) is 8.20. The maximum atomic E-state index is 10.5. The molecule has 1 spiro atoms. The Labute approximate surface area is 104 Å². The van der Waals surface area contributed by atoms with Crippen molar-refractivity contribution in [2.75, 3.05) is 13.2 Å². The van der Waals surface area contributed by atoms with Gasteiger partial charge in [0.15, 0.2) is 5.79 Å². The molecule has 17 heavy (non-hydrogen) atoms. The molecule has 2 heterocycles. The van der Waals surface area contributed by atoms with E-state index in [0.717, 1.165) is 18.5 Å². The molecule has 0 unspecified atom stereocenters. The van der Waals surface area contributed by atoms with E-state index in [-0.39, 0.29) is 0 Å². The van der Waals surface area contributed by atoms with Crippen LogP contribution in [0.2, 0.25) is 0 Å². The maximum absolute atomic E-state index is 10.5. The Hall–Kier alpha value is -0.560. The fourth-order valence-corrected chi connectivity index (χ4v) is 3.09. The molecule has 1 N–H and O–H groups in total. The first-order valence-electron chi connectivity index (χ1n) is 5.97. The van der Waals surface area contributed by atoms with Gasteiger partial charge in [0.05, 0.1) is 42.4 Å². The Morgan fingerprint density at radius 1 is 1.24 bits per heavy atom. The van der Waals surface area contributed by atoms with Gasteiger partial charge in [-0.2, -0.15) is 8.75 Å². The fraction of sp³-hybridized carbons (Fsp3) is 0.818. The minimum atomic E-state index is -0.670. The highest BCUT2D eigenvalue weighted by Gasteiger charge is 2.45. The lowest BCUT2D eigenvalue weighted by Crippen LogP contribution is -2.44. The Balaban J connectivity index is 1.63. The molecule has 1 saturated heterocycles. The molecule has 0 amide bonds. The lowest BCUT2D eigenvalue weighted by molar-refractivity contribution is -0.202. The van der Waals surface area contributed by atoms with E-state index in [2.05, 4.69) is 8.75 Å². The molecule has 2 aliphatic rings. The van der Waals surface area contributed by atoms with Gasteiger partial charge >= 0.3 is 0 Å². The molecule has 5 nitrogen and oxygen atoms in total. The van der Waals surface area contributed by atoms with Gasteiger partial charge in [-0.15, -0.1) is 0 Å². The summed E-state index contributed by atoms with van der Waals surface area (Å²) >= 11 is 1.19. The number of rotatable bonds is 2. The molecular weight excluding hydrogens is 240 g/mol. The summed E-state index contributed by atoms with van der Waals surface area (Å²) in [5.74, 6) is -0.410. The van der Waals surface area contributed by atoms with Crippen molar-refractivity contribution in [3.05, 3.63) is 11.9 Å². The molecule has 1 aromatic heterocycles. The molecular formula is C11H16N2O3S. The van der Waals surface area contributed by atoms with E-state index < -0.39 is 11.4 Å². The van der Waals surface area contributed by atoms with E-state index >= 15 is 0 Å². The molecule has 6 heteroatoms. The quantitative estimate of drug-likeness (QED) is 0.859. The first-order valence-corrected chi connectivity index (χ1v) is 6.70. The van der Waals surface area contributed by atoms with Gasteiger partial charge in [-0.1, -0.05) is 0 Å². The van der Waals surface area contributed by atoms with Crippen molar-refractivity contribution in [3.63, 3.8) is 0 Å². The topological polar surface area (TPSA) is 64.5 Å². The Bertz CT molecular complexity index is 366. The number of hydrogen-bond acceptors (Lipinski definition) is 6. The summed E-state index contributed by atoms with van der Waals surface area (Å²) in [7, 11) is 0. The van der Waals surface area contributed by atoms with Gasteiger partial charge in [-0.25, -0.2) is 0 Å². The summed E-state index contributed by atoms with van der Waals surface area (Å²) in [6, 6.07) is 0. The molecule has 0 bridgehead atoms. The SMILES string of the molecule is OC1(Cc2cnsn2)CCC2(CC1)OCCO2. The molecule has 0 aromatic carbocycles. The number of aliphatic hydroxyl groups is 1. The predicted octanol–water partition coefficient (Wildman–Crippen LogP) is 1.13.